The molecule has 6 heteroatoms. The third-order valence-corrected chi connectivity index (χ3v) is 12.5. The highest BCUT2D eigenvalue weighted by molar-refractivity contribution is 5.71. The summed E-state index contributed by atoms with van der Waals surface area (Å²) in [7, 11) is 0. The number of hydrogen-bond donors (Lipinski definition) is 0. The Bertz CT molecular complexity index is 1740. The first-order valence-electron chi connectivity index (χ1n) is 31.0. The lowest BCUT2D eigenvalue weighted by atomic mass is 10.1. The zero-order valence-corrected chi connectivity index (χ0v) is 49.4. The zero-order chi connectivity index (χ0) is 55.7. The van der Waals surface area contributed by atoms with Gasteiger partial charge in [0.1, 0.15) is 13.2 Å². The largest absolute Gasteiger partial charge is 0.462 e. The van der Waals surface area contributed by atoms with Crippen LogP contribution in [0.5, 0.6) is 0 Å². The monoisotopic (exact) mass is 1060 g/mol. The number of carbonyl (C=O) groups is 3. The highest BCUT2D eigenvalue weighted by atomic mass is 16.6. The summed E-state index contributed by atoms with van der Waals surface area (Å²) in [6, 6.07) is 0. The average Bonchev–Trinajstić information content (AvgIpc) is 3.43. The molecular weight excluding hydrogens is 949 g/mol. The molecule has 0 saturated heterocycles. The van der Waals surface area contributed by atoms with Crippen LogP contribution in [0.15, 0.2) is 158 Å². The Labute approximate surface area is 473 Å². The van der Waals surface area contributed by atoms with Crippen LogP contribution in [0.25, 0.3) is 0 Å². The van der Waals surface area contributed by atoms with Gasteiger partial charge in [-0.2, -0.15) is 0 Å². The molecule has 0 bridgehead atoms. The predicted molar refractivity (Wildman–Crippen MR) is 334 cm³/mol. The number of allylic oxidation sites excluding steroid dienone is 26. The van der Waals surface area contributed by atoms with Gasteiger partial charge in [0.15, 0.2) is 6.10 Å². The molecule has 0 aliphatic rings. The number of ether oxygens (including phenoxy) is 3. The second-order valence-corrected chi connectivity index (χ2v) is 19.9. The van der Waals surface area contributed by atoms with E-state index in [0.717, 1.165) is 161 Å². The van der Waals surface area contributed by atoms with Crippen LogP contribution in [0, 0.1) is 0 Å². The molecule has 77 heavy (non-hydrogen) atoms. The van der Waals surface area contributed by atoms with Crippen LogP contribution >= 0.6 is 0 Å². The van der Waals surface area contributed by atoms with Gasteiger partial charge in [-0.1, -0.05) is 243 Å². The summed E-state index contributed by atoms with van der Waals surface area (Å²) in [5.74, 6) is -0.988. The molecule has 0 aliphatic heterocycles. The molecule has 0 saturated carbocycles. The van der Waals surface area contributed by atoms with Gasteiger partial charge in [-0.3, -0.25) is 14.4 Å². The van der Waals surface area contributed by atoms with Crippen molar-refractivity contribution in [3.8, 4) is 0 Å². The van der Waals surface area contributed by atoms with Gasteiger partial charge < -0.3 is 14.2 Å². The Morgan fingerprint density at radius 2 is 0.532 bits per heavy atom. The van der Waals surface area contributed by atoms with Gasteiger partial charge in [0, 0.05) is 19.3 Å². The molecule has 0 aromatic rings. The zero-order valence-electron chi connectivity index (χ0n) is 49.4. The van der Waals surface area contributed by atoms with E-state index in [0.29, 0.717) is 19.3 Å². The fraction of sp³-hybridized carbons (Fsp3) is 0.592. The van der Waals surface area contributed by atoms with Crippen molar-refractivity contribution in [1.29, 1.82) is 0 Å². The van der Waals surface area contributed by atoms with Crippen molar-refractivity contribution < 1.29 is 28.6 Å². The SMILES string of the molecule is CC/C=C\C/C=C\C/C=C\C/C=C\C/C=C\C/C=C\C/C=C\C/C=C\CCCCC(=O)OCC(COC(=O)CCCCCCC/C=C\C/C=C\CCC)OC(=O)CCCCCCCC/C=C\C/C=C\C/C=C\CCCCC. The van der Waals surface area contributed by atoms with Crippen molar-refractivity contribution in [2.45, 2.75) is 258 Å². The molecule has 432 valence electrons. The summed E-state index contributed by atoms with van der Waals surface area (Å²) >= 11 is 0. The smallest absolute Gasteiger partial charge is 0.306 e. The molecular formula is C71H112O6. The fourth-order valence-corrected chi connectivity index (χ4v) is 7.85. The first-order valence-corrected chi connectivity index (χ1v) is 31.0. The van der Waals surface area contributed by atoms with Gasteiger partial charge in [0.2, 0.25) is 0 Å². The molecule has 1 unspecified atom stereocenters. The van der Waals surface area contributed by atoms with Crippen LogP contribution < -0.4 is 0 Å². The highest BCUT2D eigenvalue weighted by Crippen LogP contribution is 2.13. The van der Waals surface area contributed by atoms with E-state index in [1.165, 1.54) is 44.9 Å². The normalized spacial score (nSPS) is 13.2. The molecule has 0 rings (SSSR count). The van der Waals surface area contributed by atoms with Crippen LogP contribution in [-0.2, 0) is 28.6 Å². The quantitative estimate of drug-likeness (QED) is 0.0261. The third-order valence-electron chi connectivity index (χ3n) is 12.5. The molecule has 0 N–H and O–H groups in total. The van der Waals surface area contributed by atoms with Crippen molar-refractivity contribution in [1.82, 2.24) is 0 Å². The summed E-state index contributed by atoms with van der Waals surface area (Å²) in [4.78, 5) is 38.2. The molecule has 0 amide bonds. The Morgan fingerprint density at radius 3 is 0.870 bits per heavy atom. The Morgan fingerprint density at radius 1 is 0.273 bits per heavy atom. The fourth-order valence-electron chi connectivity index (χ4n) is 7.85. The van der Waals surface area contributed by atoms with Gasteiger partial charge in [-0.15, -0.1) is 0 Å². The first-order chi connectivity index (χ1) is 38.0. The van der Waals surface area contributed by atoms with Crippen molar-refractivity contribution in [2.75, 3.05) is 13.2 Å². The molecule has 0 fully saturated rings. The summed E-state index contributed by atoms with van der Waals surface area (Å²) in [6.07, 6.45) is 92.4. The Balaban J connectivity index is 4.49. The van der Waals surface area contributed by atoms with Crippen LogP contribution in [-0.4, -0.2) is 37.2 Å². The van der Waals surface area contributed by atoms with Crippen molar-refractivity contribution in [3.63, 3.8) is 0 Å². The highest BCUT2D eigenvalue weighted by Gasteiger charge is 2.19. The average molecular weight is 1060 g/mol. The van der Waals surface area contributed by atoms with Crippen LogP contribution in [0.3, 0.4) is 0 Å². The molecule has 6 nitrogen and oxygen atoms in total. The van der Waals surface area contributed by atoms with Crippen molar-refractivity contribution >= 4 is 17.9 Å². The number of hydrogen-bond acceptors (Lipinski definition) is 6. The molecule has 0 heterocycles. The molecule has 0 aromatic heterocycles. The number of carbonyl (C=O) groups excluding carboxylic acids is 3. The van der Waals surface area contributed by atoms with Crippen LogP contribution in [0.4, 0.5) is 0 Å². The molecule has 0 aromatic carbocycles. The number of esters is 3. The third kappa shape index (κ3) is 61.8. The lowest BCUT2D eigenvalue weighted by Gasteiger charge is -2.18. The summed E-state index contributed by atoms with van der Waals surface area (Å²) in [5.41, 5.74) is 0. The van der Waals surface area contributed by atoms with E-state index in [4.69, 9.17) is 14.2 Å². The van der Waals surface area contributed by atoms with E-state index in [2.05, 4.69) is 179 Å². The first kappa shape index (κ1) is 72.0. The predicted octanol–water partition coefficient (Wildman–Crippen LogP) is 21.3. The van der Waals surface area contributed by atoms with E-state index < -0.39 is 6.10 Å². The van der Waals surface area contributed by atoms with Gasteiger partial charge in [-0.25, -0.2) is 0 Å². The minimum absolute atomic E-state index is 0.111. The van der Waals surface area contributed by atoms with E-state index in [1.807, 2.05) is 0 Å². The molecule has 1 atom stereocenters. The number of unbranched alkanes of at least 4 members (excludes halogenated alkanes) is 17. The lowest BCUT2D eigenvalue weighted by molar-refractivity contribution is -0.167. The van der Waals surface area contributed by atoms with Gasteiger partial charge in [0.25, 0.3) is 0 Å². The van der Waals surface area contributed by atoms with Crippen LogP contribution in [0.1, 0.15) is 252 Å². The maximum absolute atomic E-state index is 12.9. The second-order valence-electron chi connectivity index (χ2n) is 19.9. The van der Waals surface area contributed by atoms with Gasteiger partial charge in [0.05, 0.1) is 0 Å². The molecule has 0 spiro atoms. The minimum atomic E-state index is -0.818. The lowest BCUT2D eigenvalue weighted by Crippen LogP contribution is -2.30. The topological polar surface area (TPSA) is 78.9 Å². The minimum Gasteiger partial charge on any atom is -0.462 e. The Kier molecular flexibility index (Phi) is 59.5. The second kappa shape index (κ2) is 63.6. The van der Waals surface area contributed by atoms with E-state index >= 15 is 0 Å². The van der Waals surface area contributed by atoms with Crippen LogP contribution in [0.2, 0.25) is 0 Å². The van der Waals surface area contributed by atoms with E-state index in [9.17, 15) is 14.4 Å². The maximum Gasteiger partial charge on any atom is 0.306 e. The molecule has 0 aliphatic carbocycles. The van der Waals surface area contributed by atoms with E-state index in [1.54, 1.807) is 0 Å². The van der Waals surface area contributed by atoms with Gasteiger partial charge >= 0.3 is 17.9 Å². The van der Waals surface area contributed by atoms with Gasteiger partial charge in [-0.05, 0) is 148 Å². The summed E-state index contributed by atoms with van der Waals surface area (Å²) in [5, 5.41) is 0. The Hall–Kier alpha value is -4.97. The van der Waals surface area contributed by atoms with E-state index in [-0.39, 0.29) is 37.5 Å². The maximum atomic E-state index is 12.9. The summed E-state index contributed by atoms with van der Waals surface area (Å²) < 4.78 is 16.8. The van der Waals surface area contributed by atoms with Crippen molar-refractivity contribution in [2.24, 2.45) is 0 Å². The van der Waals surface area contributed by atoms with Crippen molar-refractivity contribution in [3.05, 3.63) is 158 Å². The number of rotatable bonds is 54. The molecule has 0 radical (unpaired) electrons. The standard InChI is InChI=1S/C71H112O6/c1-4-7-10-13-16-19-22-25-27-29-31-32-33-34-35-36-37-38-40-41-43-46-49-52-55-58-61-64-70(73)76-67-68(66-75-69(72)63-60-57-54-51-48-45-24-21-18-15-12-9-6-3)77-71(74)65-62-59-56-53-50-47-44-42-39-30-28-26-23-20-17-14-11-8-5-2/h7,10,12,15-17,19-21,24-28,31-32,34-35,37-39,41-43,49,52,68H,4-6,8-9,11,13-14,18,22-23,29-30,33,36,40,44-48,50-51,53-67H2,1-3H3/b10-7-,15-12-,19-16-,20-17-,24-21-,27-25-,28-26-,32-31-,35-34-,38-37-,42-39-,43-41-,52-49-. The summed E-state index contributed by atoms with van der Waals surface area (Å²) in [6.45, 7) is 6.36.